The van der Waals surface area contributed by atoms with Gasteiger partial charge in [0.15, 0.2) is 0 Å². The number of likely N-dealkylation sites (tertiary alicyclic amines) is 1. The van der Waals surface area contributed by atoms with Crippen molar-refractivity contribution in [2.24, 2.45) is 0 Å². The zero-order valence-corrected chi connectivity index (χ0v) is 20.9. The van der Waals surface area contributed by atoms with E-state index in [1.54, 1.807) is 49.5 Å². The van der Waals surface area contributed by atoms with E-state index >= 15 is 0 Å². The maximum absolute atomic E-state index is 13.4. The minimum Gasteiger partial charge on any atom is -0.494 e. The molecule has 186 valence electrons. The molecule has 2 aromatic carbocycles. The predicted molar refractivity (Wildman–Crippen MR) is 137 cm³/mol. The highest BCUT2D eigenvalue weighted by atomic mass is 32.2. The maximum atomic E-state index is 13.4. The first-order valence-corrected chi connectivity index (χ1v) is 13.6. The van der Waals surface area contributed by atoms with Crippen molar-refractivity contribution < 1.29 is 22.7 Å². The van der Waals surface area contributed by atoms with Crippen LogP contribution in [0.25, 0.3) is 17.0 Å². The zero-order valence-electron chi connectivity index (χ0n) is 20.1. The van der Waals surface area contributed by atoms with Crippen LogP contribution in [0.5, 0.6) is 5.75 Å². The molecule has 0 saturated carbocycles. The predicted octanol–water partition coefficient (Wildman–Crippen LogP) is 4.71. The molecule has 0 atom stereocenters. The van der Waals surface area contributed by atoms with E-state index in [4.69, 9.17) is 9.47 Å². The van der Waals surface area contributed by atoms with E-state index in [2.05, 4.69) is 4.90 Å². The number of ether oxygens (including phenoxy) is 2. The lowest BCUT2D eigenvalue weighted by Crippen LogP contribution is -2.31. The third-order valence-corrected chi connectivity index (χ3v) is 7.76. The molecular formula is C27H32N2O5S. The molecule has 0 aliphatic carbocycles. The molecule has 1 fully saturated rings. The quantitative estimate of drug-likeness (QED) is 0.230. The van der Waals surface area contributed by atoms with Crippen LogP contribution in [-0.2, 0) is 19.6 Å². The lowest BCUT2D eigenvalue weighted by Gasteiger charge is -2.26. The summed E-state index contributed by atoms with van der Waals surface area (Å²) in [5, 5.41) is 0.792. The van der Waals surface area contributed by atoms with E-state index in [9.17, 15) is 13.2 Å². The lowest BCUT2D eigenvalue weighted by molar-refractivity contribution is -0.137. The van der Waals surface area contributed by atoms with Crippen molar-refractivity contribution in [1.82, 2.24) is 8.87 Å². The average Bonchev–Trinajstić information content (AvgIpc) is 3.31. The third kappa shape index (κ3) is 6.32. The SMILES string of the molecule is CCOC(=O)/C=C/c1cccc(S(=O)(=O)n2ccc3cc(OCCCN4CCCCC4)ccc32)c1. The molecule has 2 heterocycles. The molecule has 1 aliphatic rings. The molecule has 7 nitrogen and oxygen atoms in total. The van der Waals surface area contributed by atoms with E-state index < -0.39 is 16.0 Å². The Morgan fingerprint density at radius 3 is 2.69 bits per heavy atom. The van der Waals surface area contributed by atoms with Crippen LogP contribution in [0.3, 0.4) is 0 Å². The average molecular weight is 497 g/mol. The number of benzene rings is 2. The van der Waals surface area contributed by atoms with Crippen molar-refractivity contribution in [1.29, 1.82) is 0 Å². The van der Waals surface area contributed by atoms with Gasteiger partial charge in [0.05, 0.1) is 23.6 Å². The summed E-state index contributed by atoms with van der Waals surface area (Å²) >= 11 is 0. The van der Waals surface area contributed by atoms with Gasteiger partial charge in [-0.25, -0.2) is 17.2 Å². The fourth-order valence-corrected chi connectivity index (χ4v) is 5.71. The molecule has 1 saturated heterocycles. The second-order valence-electron chi connectivity index (χ2n) is 8.60. The Kier molecular flexibility index (Phi) is 8.25. The largest absolute Gasteiger partial charge is 0.494 e. The number of esters is 1. The number of hydrogen-bond acceptors (Lipinski definition) is 6. The summed E-state index contributed by atoms with van der Waals surface area (Å²) in [6.07, 6.45) is 9.25. The summed E-state index contributed by atoms with van der Waals surface area (Å²) in [6.45, 7) is 6.05. The highest BCUT2D eigenvalue weighted by molar-refractivity contribution is 7.90. The first-order chi connectivity index (χ1) is 17.0. The standard InChI is InChI=1S/C27H32N2O5S/c1-2-33-27(30)13-10-22-8-6-9-25(20-22)35(31,32)29-18-14-23-21-24(11-12-26(23)29)34-19-7-17-28-15-4-3-5-16-28/h6,8-14,18,20-21H,2-5,7,15-17,19H2,1H3/b13-10+. The molecular weight excluding hydrogens is 464 g/mol. The highest BCUT2D eigenvalue weighted by Gasteiger charge is 2.19. The summed E-state index contributed by atoms with van der Waals surface area (Å²) in [6, 6.07) is 13.7. The molecule has 4 rings (SSSR count). The van der Waals surface area contributed by atoms with Crippen molar-refractivity contribution in [2.75, 3.05) is 32.8 Å². The summed E-state index contributed by atoms with van der Waals surface area (Å²) in [4.78, 5) is 14.2. The van der Waals surface area contributed by atoms with Crippen molar-refractivity contribution in [2.45, 2.75) is 37.5 Å². The Balaban J connectivity index is 1.44. The Labute approximate surface area is 207 Å². The highest BCUT2D eigenvalue weighted by Crippen LogP contribution is 2.26. The molecule has 1 aliphatic heterocycles. The molecule has 0 unspecified atom stereocenters. The molecule has 0 amide bonds. The second-order valence-corrected chi connectivity index (χ2v) is 10.4. The minimum atomic E-state index is -3.82. The van der Waals surface area contributed by atoms with Gasteiger partial charge in [-0.15, -0.1) is 0 Å². The van der Waals surface area contributed by atoms with E-state index in [-0.39, 0.29) is 11.5 Å². The van der Waals surface area contributed by atoms with Gasteiger partial charge in [-0.3, -0.25) is 0 Å². The third-order valence-electron chi connectivity index (χ3n) is 6.08. The van der Waals surface area contributed by atoms with E-state index in [1.165, 1.54) is 48.5 Å². The molecule has 0 bridgehead atoms. The van der Waals surface area contributed by atoms with E-state index in [0.717, 1.165) is 24.1 Å². The van der Waals surface area contributed by atoms with Crippen LogP contribution in [0, 0.1) is 0 Å². The zero-order chi connectivity index (χ0) is 24.7. The molecule has 3 aromatic rings. The van der Waals surface area contributed by atoms with Crippen LogP contribution in [0.2, 0.25) is 0 Å². The first-order valence-electron chi connectivity index (χ1n) is 12.1. The molecule has 35 heavy (non-hydrogen) atoms. The lowest BCUT2D eigenvalue weighted by atomic mass is 10.1. The minimum absolute atomic E-state index is 0.138. The van der Waals surface area contributed by atoms with Crippen molar-refractivity contribution >= 4 is 33.0 Å². The van der Waals surface area contributed by atoms with Crippen LogP contribution >= 0.6 is 0 Å². The monoisotopic (exact) mass is 496 g/mol. The number of rotatable bonds is 10. The number of aromatic nitrogens is 1. The Morgan fingerprint density at radius 1 is 1.06 bits per heavy atom. The normalized spacial score (nSPS) is 15.0. The van der Waals surface area contributed by atoms with Crippen LogP contribution in [0.4, 0.5) is 0 Å². The van der Waals surface area contributed by atoms with Crippen molar-refractivity contribution in [3.63, 3.8) is 0 Å². The second kappa shape index (κ2) is 11.6. The molecule has 0 spiro atoms. The molecule has 8 heteroatoms. The number of piperidine rings is 1. The van der Waals surface area contributed by atoms with Gasteiger partial charge in [-0.2, -0.15) is 0 Å². The van der Waals surface area contributed by atoms with Gasteiger partial charge in [0.2, 0.25) is 0 Å². The van der Waals surface area contributed by atoms with Gasteiger partial charge in [-0.1, -0.05) is 18.6 Å². The van der Waals surface area contributed by atoms with Crippen molar-refractivity contribution in [3.05, 3.63) is 66.4 Å². The van der Waals surface area contributed by atoms with E-state index in [1.807, 2.05) is 12.1 Å². The smallest absolute Gasteiger partial charge is 0.330 e. The van der Waals surface area contributed by atoms with Crippen LogP contribution in [0.1, 0.15) is 38.2 Å². The summed E-state index contributed by atoms with van der Waals surface area (Å²) in [5.41, 5.74) is 1.17. The number of fused-ring (bicyclic) bond motifs is 1. The fourth-order valence-electron chi connectivity index (χ4n) is 4.30. The van der Waals surface area contributed by atoms with Gasteiger partial charge < -0.3 is 14.4 Å². The van der Waals surface area contributed by atoms with Gasteiger partial charge in [0.1, 0.15) is 5.75 Å². The Bertz CT molecular complexity index is 1290. The topological polar surface area (TPSA) is 77.8 Å². The Hall–Kier alpha value is -3.10. The van der Waals surface area contributed by atoms with Gasteiger partial charge in [0, 0.05) is 24.2 Å². The summed E-state index contributed by atoms with van der Waals surface area (Å²) in [5.74, 6) is 0.263. The number of carbonyl (C=O) groups is 1. The first kappa shape index (κ1) is 25.0. The van der Waals surface area contributed by atoms with Crippen LogP contribution in [0.15, 0.2) is 65.7 Å². The molecule has 1 aromatic heterocycles. The fraction of sp³-hybridized carbons (Fsp3) is 0.370. The number of hydrogen-bond donors (Lipinski definition) is 0. The van der Waals surface area contributed by atoms with Gasteiger partial charge >= 0.3 is 5.97 Å². The maximum Gasteiger partial charge on any atom is 0.330 e. The van der Waals surface area contributed by atoms with Crippen LogP contribution in [-0.4, -0.2) is 56.1 Å². The van der Waals surface area contributed by atoms with Crippen LogP contribution < -0.4 is 4.74 Å². The number of nitrogens with zero attached hydrogens (tertiary/aromatic N) is 2. The van der Waals surface area contributed by atoms with Crippen molar-refractivity contribution in [3.8, 4) is 5.75 Å². The Morgan fingerprint density at radius 2 is 1.89 bits per heavy atom. The number of carbonyl (C=O) groups excluding carboxylic acids is 1. The molecule has 0 radical (unpaired) electrons. The summed E-state index contributed by atoms with van der Waals surface area (Å²) in [7, 11) is -3.82. The van der Waals surface area contributed by atoms with E-state index in [0.29, 0.717) is 17.7 Å². The van der Waals surface area contributed by atoms with Gasteiger partial charge in [0.25, 0.3) is 10.0 Å². The summed E-state index contributed by atoms with van der Waals surface area (Å²) < 4.78 is 38.8. The van der Waals surface area contributed by atoms with Gasteiger partial charge in [-0.05, 0) is 87.3 Å². The molecule has 0 N–H and O–H groups in total.